The fourth-order valence-electron chi connectivity index (χ4n) is 3.08. The molecule has 150 valence electrons. The first-order valence-corrected chi connectivity index (χ1v) is 11.4. The van der Waals surface area contributed by atoms with Crippen molar-refractivity contribution in [2.75, 3.05) is 11.9 Å². The molecule has 0 radical (unpaired) electrons. The number of unbranched alkanes of at least 4 members (excludes halogenated alkanes) is 12. The maximum absolute atomic E-state index is 11.3. The highest BCUT2D eigenvalue weighted by molar-refractivity contribution is 9.09. The number of hydrogen-bond donors (Lipinski definition) is 3. The summed E-state index contributed by atoms with van der Waals surface area (Å²) >= 11 is 3.06. The Kier molecular flexibility index (Phi) is 18.6. The number of nitrogens with one attached hydrogen (secondary N) is 1. The Hall–Kier alpha value is -0.130. The average Bonchev–Trinajstić information content (AvgIpc) is 2.63. The summed E-state index contributed by atoms with van der Waals surface area (Å²) in [6.45, 7) is 2.03. The summed E-state index contributed by atoms with van der Waals surface area (Å²) in [4.78, 5) is 11.3. The molecule has 4 nitrogen and oxygen atoms in total. The molecule has 0 aliphatic rings. The predicted octanol–water partition coefficient (Wildman–Crippen LogP) is 4.70. The lowest BCUT2D eigenvalue weighted by molar-refractivity contribution is -0.120. The van der Waals surface area contributed by atoms with Crippen molar-refractivity contribution >= 4 is 21.8 Å². The Bertz CT molecular complexity index is 303. The van der Waals surface area contributed by atoms with Gasteiger partial charge in [0.1, 0.15) is 0 Å². The van der Waals surface area contributed by atoms with Crippen LogP contribution in [0.1, 0.15) is 96.8 Å². The molecule has 0 saturated heterocycles. The van der Waals surface area contributed by atoms with Crippen molar-refractivity contribution in [3.63, 3.8) is 0 Å². The van der Waals surface area contributed by atoms with Crippen molar-refractivity contribution in [1.29, 1.82) is 0 Å². The highest BCUT2D eigenvalue weighted by Crippen LogP contribution is 2.14. The van der Waals surface area contributed by atoms with Crippen LogP contribution in [0, 0.1) is 0 Å². The lowest BCUT2D eigenvalue weighted by atomic mass is 10.0. The van der Waals surface area contributed by atoms with Gasteiger partial charge in [0, 0.05) is 0 Å². The molecule has 5 heteroatoms. The van der Waals surface area contributed by atoms with Crippen LogP contribution in [-0.4, -0.2) is 40.2 Å². The predicted molar refractivity (Wildman–Crippen MR) is 109 cm³/mol. The third kappa shape index (κ3) is 15.8. The molecule has 25 heavy (non-hydrogen) atoms. The number of rotatable bonds is 18. The minimum absolute atomic E-state index is 0.189. The first-order chi connectivity index (χ1) is 12.2. The first-order valence-electron chi connectivity index (χ1n) is 10.3. The molecule has 0 heterocycles. The largest absolute Gasteiger partial charge is 0.394 e. The van der Waals surface area contributed by atoms with Gasteiger partial charge in [-0.1, -0.05) is 106 Å². The van der Waals surface area contributed by atoms with Crippen molar-refractivity contribution in [3.05, 3.63) is 0 Å². The zero-order chi connectivity index (χ0) is 18.8. The molecule has 0 fully saturated rings. The van der Waals surface area contributed by atoms with E-state index in [1.807, 2.05) is 0 Å². The average molecular weight is 422 g/mol. The van der Waals surface area contributed by atoms with E-state index in [4.69, 9.17) is 0 Å². The van der Waals surface area contributed by atoms with Crippen molar-refractivity contribution in [3.8, 4) is 0 Å². The second-order valence-electron chi connectivity index (χ2n) is 7.09. The van der Waals surface area contributed by atoms with E-state index in [-0.39, 0.29) is 17.8 Å². The molecule has 0 bridgehead atoms. The number of aliphatic hydroxyl groups is 2. The van der Waals surface area contributed by atoms with Gasteiger partial charge < -0.3 is 15.5 Å². The summed E-state index contributed by atoms with van der Waals surface area (Å²) in [5, 5.41) is 22.1. The molecule has 0 spiro atoms. The van der Waals surface area contributed by atoms with E-state index < -0.39 is 12.1 Å². The molecule has 0 rings (SSSR count). The number of carbonyl (C=O) groups excluding carboxylic acids is 1. The minimum atomic E-state index is -0.666. The van der Waals surface area contributed by atoms with E-state index in [0.29, 0.717) is 6.42 Å². The number of carbonyl (C=O) groups is 1. The van der Waals surface area contributed by atoms with Gasteiger partial charge in [-0.15, -0.1) is 0 Å². The Labute approximate surface area is 163 Å². The van der Waals surface area contributed by atoms with Gasteiger partial charge >= 0.3 is 0 Å². The second-order valence-corrected chi connectivity index (χ2v) is 7.65. The summed E-state index contributed by atoms with van der Waals surface area (Å²) in [6, 6.07) is -0.553. The maximum atomic E-state index is 11.3. The van der Waals surface area contributed by atoms with Crippen molar-refractivity contribution < 1.29 is 15.0 Å². The number of halogens is 1. The van der Waals surface area contributed by atoms with Gasteiger partial charge in [0.25, 0.3) is 0 Å². The van der Waals surface area contributed by atoms with Crippen LogP contribution in [0.2, 0.25) is 0 Å². The van der Waals surface area contributed by atoms with Crippen LogP contribution in [0.5, 0.6) is 0 Å². The summed E-state index contributed by atoms with van der Waals surface area (Å²) in [7, 11) is 0. The van der Waals surface area contributed by atoms with Crippen LogP contribution in [0.15, 0.2) is 0 Å². The second kappa shape index (κ2) is 18.7. The maximum Gasteiger partial charge on any atom is 0.231 e. The standard InChI is InChI=1S/C20H40BrNO3/c1-2-3-4-5-6-7-8-9-10-11-12-13-14-15-19(24)18(17-23)22-20(25)16-21/h18-19,23-24H,2-17H2,1H3,(H,22,25)/t18-,19+/m0/s1. The molecule has 0 unspecified atom stereocenters. The Morgan fingerprint density at radius 2 is 1.32 bits per heavy atom. The summed E-state index contributed by atoms with van der Waals surface area (Å²) in [5.41, 5.74) is 0. The highest BCUT2D eigenvalue weighted by atomic mass is 79.9. The van der Waals surface area contributed by atoms with E-state index in [2.05, 4.69) is 28.2 Å². The van der Waals surface area contributed by atoms with E-state index >= 15 is 0 Å². The van der Waals surface area contributed by atoms with E-state index in [9.17, 15) is 15.0 Å². The minimum Gasteiger partial charge on any atom is -0.394 e. The molecule has 3 N–H and O–H groups in total. The van der Waals surface area contributed by atoms with Crippen LogP contribution in [-0.2, 0) is 4.79 Å². The van der Waals surface area contributed by atoms with Gasteiger partial charge in [0.15, 0.2) is 0 Å². The Morgan fingerprint density at radius 1 is 0.880 bits per heavy atom. The highest BCUT2D eigenvalue weighted by Gasteiger charge is 2.19. The summed E-state index contributed by atoms with van der Waals surface area (Å²) < 4.78 is 0. The lowest BCUT2D eigenvalue weighted by Crippen LogP contribution is -2.46. The zero-order valence-corrected chi connectivity index (χ0v) is 17.7. The SMILES string of the molecule is CCCCCCCCCCCCCCC[C@@H](O)[C@H](CO)NC(=O)CBr. The number of amides is 1. The molecule has 0 aliphatic carbocycles. The smallest absolute Gasteiger partial charge is 0.231 e. The van der Waals surface area contributed by atoms with Crippen molar-refractivity contribution in [1.82, 2.24) is 5.32 Å². The quantitative estimate of drug-likeness (QED) is 0.222. The molecular formula is C20H40BrNO3. The molecule has 0 aromatic carbocycles. The lowest BCUT2D eigenvalue weighted by Gasteiger charge is -2.21. The topological polar surface area (TPSA) is 69.6 Å². The molecule has 2 atom stereocenters. The van der Waals surface area contributed by atoms with E-state index in [0.717, 1.165) is 12.8 Å². The van der Waals surface area contributed by atoms with Crippen LogP contribution in [0.4, 0.5) is 0 Å². The van der Waals surface area contributed by atoms with Gasteiger partial charge in [-0.2, -0.15) is 0 Å². The Morgan fingerprint density at radius 3 is 1.72 bits per heavy atom. The zero-order valence-electron chi connectivity index (χ0n) is 16.1. The molecular weight excluding hydrogens is 382 g/mol. The fourth-order valence-corrected chi connectivity index (χ4v) is 3.24. The van der Waals surface area contributed by atoms with Gasteiger partial charge in [0.2, 0.25) is 5.91 Å². The van der Waals surface area contributed by atoms with Crippen LogP contribution in [0.25, 0.3) is 0 Å². The van der Waals surface area contributed by atoms with Gasteiger partial charge in [0.05, 0.1) is 24.1 Å². The molecule has 0 aromatic heterocycles. The number of aliphatic hydroxyl groups excluding tert-OH is 2. The van der Waals surface area contributed by atoms with Gasteiger partial charge in [-0.05, 0) is 6.42 Å². The molecule has 1 amide bonds. The van der Waals surface area contributed by atoms with Crippen LogP contribution in [0.3, 0.4) is 0 Å². The molecule has 0 saturated carbocycles. The van der Waals surface area contributed by atoms with Gasteiger partial charge in [-0.25, -0.2) is 0 Å². The summed E-state index contributed by atoms with van der Waals surface area (Å²) in [6.07, 6.45) is 16.8. The monoisotopic (exact) mass is 421 g/mol. The number of alkyl halides is 1. The molecule has 0 aliphatic heterocycles. The normalized spacial score (nSPS) is 13.6. The van der Waals surface area contributed by atoms with Crippen LogP contribution >= 0.6 is 15.9 Å². The van der Waals surface area contributed by atoms with E-state index in [1.165, 1.54) is 70.6 Å². The van der Waals surface area contributed by atoms with Crippen molar-refractivity contribution in [2.45, 2.75) is 109 Å². The first kappa shape index (κ1) is 24.9. The third-order valence-electron chi connectivity index (χ3n) is 4.73. The van der Waals surface area contributed by atoms with Crippen molar-refractivity contribution in [2.24, 2.45) is 0 Å². The number of hydrogen-bond acceptors (Lipinski definition) is 3. The molecule has 0 aromatic rings. The van der Waals surface area contributed by atoms with Crippen LogP contribution < -0.4 is 5.32 Å². The summed E-state index contributed by atoms with van der Waals surface area (Å²) in [5.74, 6) is -0.205. The fraction of sp³-hybridized carbons (Fsp3) is 0.950. The van der Waals surface area contributed by atoms with E-state index in [1.54, 1.807) is 0 Å². The Balaban J connectivity index is 3.40. The third-order valence-corrected chi connectivity index (χ3v) is 5.24. The van der Waals surface area contributed by atoms with Gasteiger partial charge in [-0.3, -0.25) is 4.79 Å².